The van der Waals surface area contributed by atoms with E-state index in [1.807, 2.05) is 0 Å². The van der Waals surface area contributed by atoms with Gasteiger partial charge < -0.3 is 9.47 Å². The number of carbonyl (C=O) groups excluding carboxylic acids is 1. The molecule has 2 atom stereocenters. The Bertz CT molecular complexity index is 741. The summed E-state index contributed by atoms with van der Waals surface area (Å²) >= 11 is 0. The molecule has 0 aliphatic heterocycles. The maximum Gasteiger partial charge on any atom is 0.286 e. The van der Waals surface area contributed by atoms with Gasteiger partial charge in [0.15, 0.2) is 0 Å². The molecule has 0 aromatic heterocycles. The van der Waals surface area contributed by atoms with Crippen molar-refractivity contribution in [1.82, 2.24) is 0 Å². The van der Waals surface area contributed by atoms with Gasteiger partial charge >= 0.3 is 0 Å². The van der Waals surface area contributed by atoms with E-state index in [0.717, 1.165) is 38.0 Å². The molecule has 2 unspecified atom stereocenters. The molecule has 0 N–H and O–H groups in total. The van der Waals surface area contributed by atoms with Gasteiger partial charge in [-0.3, -0.25) is 0 Å². The molecule has 0 aliphatic carbocycles. The Morgan fingerprint density at radius 3 is 1.19 bits per heavy atom. The van der Waals surface area contributed by atoms with Crippen LogP contribution in [0.5, 0.6) is 0 Å². The highest BCUT2D eigenvalue weighted by molar-refractivity contribution is 5.33. The smallest absolute Gasteiger partial charge is 0.286 e. The largest absolute Gasteiger partial charge is 0.428 e. The maximum atomic E-state index is 10.5. The number of aliphatic imine (C=N–C) groups is 1. The molecule has 0 aromatic rings. The summed E-state index contributed by atoms with van der Waals surface area (Å²) in [7, 11) is 0. The van der Waals surface area contributed by atoms with Crippen LogP contribution >= 0.6 is 0 Å². The zero-order valence-corrected chi connectivity index (χ0v) is 32.3. The standard InChI is InChI=1S/C21H38N2O2.C21H41NO/c1-2-3-4-5-6-7-8-9-10-11-12-13-14-16-21(23-20-24)17-15-18-25-19-22;1-3-5-6-7-8-9-10-11-12-13-14-15-16-17-21(4-2)18-19-23-20-22/h21H,2-18H2,1H3;21H,3-19H2,1-2H3. The number of hydrogen-bond donors (Lipinski definition) is 0. The molecule has 48 heavy (non-hydrogen) atoms. The predicted octanol–water partition coefficient (Wildman–Crippen LogP) is 13.8. The predicted molar refractivity (Wildman–Crippen MR) is 203 cm³/mol. The maximum absolute atomic E-state index is 10.5. The highest BCUT2D eigenvalue weighted by Crippen LogP contribution is 2.19. The third-order valence-corrected chi connectivity index (χ3v) is 9.71. The minimum absolute atomic E-state index is 0.0486. The van der Waals surface area contributed by atoms with Crippen molar-refractivity contribution in [3.8, 4) is 12.5 Å². The molecule has 0 saturated carbocycles. The number of nitrogens with zero attached hydrogens (tertiary/aromatic N) is 3. The van der Waals surface area contributed by atoms with Crippen LogP contribution in [0.1, 0.15) is 226 Å². The number of rotatable bonds is 37. The van der Waals surface area contributed by atoms with Crippen LogP contribution in [0, 0.1) is 29.0 Å². The van der Waals surface area contributed by atoms with Crippen molar-refractivity contribution in [2.75, 3.05) is 13.2 Å². The first kappa shape index (κ1) is 48.1. The lowest BCUT2D eigenvalue weighted by atomic mass is 9.95. The summed E-state index contributed by atoms with van der Waals surface area (Å²) in [5.41, 5.74) is 0. The fourth-order valence-electron chi connectivity index (χ4n) is 6.46. The Morgan fingerprint density at radius 1 is 0.458 bits per heavy atom. The van der Waals surface area contributed by atoms with Gasteiger partial charge in [0.2, 0.25) is 6.08 Å². The summed E-state index contributed by atoms with van der Waals surface area (Å²) < 4.78 is 9.44. The van der Waals surface area contributed by atoms with Crippen molar-refractivity contribution in [3.05, 3.63) is 0 Å². The minimum Gasteiger partial charge on any atom is -0.428 e. The van der Waals surface area contributed by atoms with Crippen LogP contribution in [0.25, 0.3) is 0 Å². The van der Waals surface area contributed by atoms with Crippen LogP contribution in [0.15, 0.2) is 4.99 Å². The van der Waals surface area contributed by atoms with Gasteiger partial charge in [-0.15, -0.1) is 0 Å². The van der Waals surface area contributed by atoms with Gasteiger partial charge in [0.1, 0.15) is 13.2 Å². The van der Waals surface area contributed by atoms with Crippen molar-refractivity contribution < 1.29 is 14.3 Å². The van der Waals surface area contributed by atoms with Gasteiger partial charge in [0.05, 0.1) is 6.04 Å². The first-order valence-electron chi connectivity index (χ1n) is 20.8. The molecule has 0 amide bonds. The summed E-state index contributed by atoms with van der Waals surface area (Å²) in [6.07, 6.45) is 47.1. The number of unbranched alkanes of at least 4 members (excludes halogenated alkanes) is 24. The summed E-state index contributed by atoms with van der Waals surface area (Å²) in [6.45, 7) is 7.82. The van der Waals surface area contributed by atoms with E-state index in [1.165, 1.54) is 173 Å². The second kappa shape index (κ2) is 45.0. The summed E-state index contributed by atoms with van der Waals surface area (Å²) in [4.78, 5) is 14.3. The van der Waals surface area contributed by atoms with E-state index in [-0.39, 0.29) is 6.04 Å². The summed E-state index contributed by atoms with van der Waals surface area (Å²) in [5, 5.41) is 16.7. The Morgan fingerprint density at radius 2 is 0.812 bits per heavy atom. The normalized spacial score (nSPS) is 11.8. The lowest BCUT2D eigenvalue weighted by Gasteiger charge is -2.13. The molecule has 6 nitrogen and oxygen atoms in total. The fraction of sp³-hybridized carbons (Fsp3) is 0.929. The van der Waals surface area contributed by atoms with E-state index >= 15 is 0 Å². The number of ether oxygens (including phenoxy) is 2. The van der Waals surface area contributed by atoms with Crippen molar-refractivity contribution >= 4 is 6.08 Å². The zero-order valence-electron chi connectivity index (χ0n) is 32.3. The molecule has 0 saturated heterocycles. The van der Waals surface area contributed by atoms with Crippen molar-refractivity contribution in [1.29, 1.82) is 10.5 Å². The molecule has 0 aromatic carbocycles. The third kappa shape index (κ3) is 42.0. The van der Waals surface area contributed by atoms with E-state index in [1.54, 1.807) is 18.6 Å². The van der Waals surface area contributed by atoms with Gasteiger partial charge in [0, 0.05) is 0 Å². The number of nitriles is 2. The molecule has 0 fully saturated rings. The van der Waals surface area contributed by atoms with E-state index in [0.29, 0.717) is 13.2 Å². The van der Waals surface area contributed by atoms with Crippen LogP contribution in [0.3, 0.4) is 0 Å². The second-order valence-electron chi connectivity index (χ2n) is 14.0. The van der Waals surface area contributed by atoms with Crippen LogP contribution in [0.4, 0.5) is 0 Å². The second-order valence-corrected chi connectivity index (χ2v) is 14.0. The van der Waals surface area contributed by atoms with Crippen LogP contribution < -0.4 is 0 Å². The van der Waals surface area contributed by atoms with Gasteiger partial charge in [0.25, 0.3) is 12.5 Å². The van der Waals surface area contributed by atoms with Crippen molar-refractivity contribution in [2.24, 2.45) is 10.9 Å². The van der Waals surface area contributed by atoms with Crippen LogP contribution in [-0.2, 0) is 14.3 Å². The molecular weight excluding hydrogens is 594 g/mol. The summed E-state index contributed by atoms with van der Waals surface area (Å²) in [6, 6.07) is 0.0486. The Kier molecular flexibility index (Phi) is 45.0. The molecule has 0 bridgehead atoms. The lowest BCUT2D eigenvalue weighted by Crippen LogP contribution is -2.06. The molecule has 0 heterocycles. The quantitative estimate of drug-likeness (QED) is 0.0283. The van der Waals surface area contributed by atoms with Crippen LogP contribution in [0.2, 0.25) is 0 Å². The molecule has 280 valence electrons. The first-order chi connectivity index (χ1) is 23.7. The van der Waals surface area contributed by atoms with E-state index in [9.17, 15) is 4.79 Å². The third-order valence-electron chi connectivity index (χ3n) is 9.71. The highest BCUT2D eigenvalue weighted by Gasteiger charge is 2.07. The van der Waals surface area contributed by atoms with Gasteiger partial charge in [-0.1, -0.05) is 201 Å². The Hall–Kier alpha value is -2.04. The average Bonchev–Trinajstić information content (AvgIpc) is 3.10. The topological polar surface area (TPSA) is 95.5 Å². The van der Waals surface area contributed by atoms with Crippen molar-refractivity contribution in [2.45, 2.75) is 232 Å². The number of hydrogen-bond acceptors (Lipinski definition) is 6. The SMILES string of the molecule is CCCCCCCCCCCCCCCC(CC)CCOC#N.CCCCCCCCCCCCCCCC(CCCOC#N)N=C=O. The van der Waals surface area contributed by atoms with Gasteiger partial charge in [-0.2, -0.15) is 10.5 Å². The average molecular weight is 674 g/mol. The van der Waals surface area contributed by atoms with Gasteiger partial charge in [-0.05, 0) is 31.6 Å². The molecule has 0 spiro atoms. The van der Waals surface area contributed by atoms with Gasteiger partial charge in [-0.25, -0.2) is 9.79 Å². The minimum atomic E-state index is 0.0486. The Labute approximate surface area is 299 Å². The fourth-order valence-corrected chi connectivity index (χ4v) is 6.46. The zero-order chi connectivity index (χ0) is 35.4. The molecular formula is C42H79N3O3. The number of isocyanates is 1. The van der Waals surface area contributed by atoms with Crippen LogP contribution in [-0.4, -0.2) is 25.3 Å². The summed E-state index contributed by atoms with van der Waals surface area (Å²) in [5.74, 6) is 0.746. The Balaban J connectivity index is 0. The van der Waals surface area contributed by atoms with E-state index in [4.69, 9.17) is 15.3 Å². The molecule has 0 rings (SSSR count). The van der Waals surface area contributed by atoms with Crippen molar-refractivity contribution in [3.63, 3.8) is 0 Å². The van der Waals surface area contributed by atoms with E-state index in [2.05, 4.69) is 30.5 Å². The molecule has 6 heteroatoms. The molecule has 0 radical (unpaired) electrons. The first-order valence-corrected chi connectivity index (χ1v) is 20.8. The molecule has 0 aliphatic rings. The van der Waals surface area contributed by atoms with E-state index < -0.39 is 0 Å². The monoisotopic (exact) mass is 674 g/mol. The lowest BCUT2D eigenvalue weighted by molar-refractivity contribution is 0.230. The highest BCUT2D eigenvalue weighted by atomic mass is 16.5.